The summed E-state index contributed by atoms with van der Waals surface area (Å²) in [6, 6.07) is 0. The summed E-state index contributed by atoms with van der Waals surface area (Å²) in [4.78, 5) is 3.90. The molecular weight excluding hydrogens is 206 g/mol. The summed E-state index contributed by atoms with van der Waals surface area (Å²) < 4.78 is 10.1. The lowest BCUT2D eigenvalue weighted by atomic mass is 10.1. The minimum atomic E-state index is -0.815. The number of nitrogens with zero attached hydrogens (tertiary/aromatic N) is 1. The molecule has 78 valence electrons. The van der Waals surface area contributed by atoms with Crippen molar-refractivity contribution in [3.05, 3.63) is 18.0 Å². The second kappa shape index (κ2) is 5.02. The standard InChI is InChI=1S/C9H12ClNO3/c1-13-7-4-11-5-8(14-2)9(7)6(12)3-10/h4-6,12H,3H2,1-2H3. The highest BCUT2D eigenvalue weighted by Crippen LogP contribution is 2.33. The first-order chi connectivity index (χ1) is 6.74. The van der Waals surface area contributed by atoms with Crippen molar-refractivity contribution >= 4 is 11.6 Å². The first kappa shape index (κ1) is 11.1. The molecule has 4 nitrogen and oxygen atoms in total. The average molecular weight is 218 g/mol. The average Bonchev–Trinajstić information content (AvgIpc) is 2.26. The topological polar surface area (TPSA) is 51.6 Å². The van der Waals surface area contributed by atoms with Crippen molar-refractivity contribution in [2.24, 2.45) is 0 Å². The van der Waals surface area contributed by atoms with Gasteiger partial charge in [0.25, 0.3) is 0 Å². The lowest BCUT2D eigenvalue weighted by molar-refractivity contribution is 0.192. The molecule has 0 spiro atoms. The second-order valence-electron chi connectivity index (χ2n) is 2.63. The molecule has 0 saturated carbocycles. The Balaban J connectivity index is 3.18. The molecule has 1 heterocycles. The predicted molar refractivity (Wildman–Crippen MR) is 53.0 cm³/mol. The van der Waals surface area contributed by atoms with Crippen LogP contribution in [-0.2, 0) is 0 Å². The number of alkyl halides is 1. The van der Waals surface area contributed by atoms with Crippen LogP contribution in [0, 0.1) is 0 Å². The van der Waals surface area contributed by atoms with Crippen molar-refractivity contribution in [3.8, 4) is 11.5 Å². The molecule has 1 N–H and O–H groups in total. The largest absolute Gasteiger partial charge is 0.495 e. The van der Waals surface area contributed by atoms with Gasteiger partial charge in [0, 0.05) is 0 Å². The summed E-state index contributed by atoms with van der Waals surface area (Å²) in [7, 11) is 3.00. The molecule has 1 unspecified atom stereocenters. The summed E-state index contributed by atoms with van der Waals surface area (Å²) in [6.45, 7) is 0. The maximum Gasteiger partial charge on any atom is 0.146 e. The summed E-state index contributed by atoms with van der Waals surface area (Å²) in [6.07, 6.45) is 2.20. The van der Waals surface area contributed by atoms with E-state index in [1.54, 1.807) is 0 Å². The second-order valence-corrected chi connectivity index (χ2v) is 2.94. The van der Waals surface area contributed by atoms with Crippen LogP contribution in [0.25, 0.3) is 0 Å². The van der Waals surface area contributed by atoms with Gasteiger partial charge >= 0.3 is 0 Å². The predicted octanol–water partition coefficient (Wildman–Crippen LogP) is 1.37. The highest BCUT2D eigenvalue weighted by atomic mass is 35.5. The van der Waals surface area contributed by atoms with E-state index in [1.807, 2.05) is 0 Å². The smallest absolute Gasteiger partial charge is 0.146 e. The van der Waals surface area contributed by atoms with Gasteiger partial charge in [-0.1, -0.05) is 0 Å². The number of hydrogen-bond acceptors (Lipinski definition) is 4. The SMILES string of the molecule is COc1cncc(OC)c1C(O)CCl. The van der Waals surface area contributed by atoms with Gasteiger partial charge in [0.2, 0.25) is 0 Å². The first-order valence-corrected chi connectivity index (χ1v) is 4.58. The third-order valence-corrected chi connectivity index (χ3v) is 2.13. The number of hydrogen-bond donors (Lipinski definition) is 1. The Bertz CT molecular complexity index is 284. The van der Waals surface area contributed by atoms with Crippen molar-refractivity contribution in [3.63, 3.8) is 0 Å². The zero-order valence-corrected chi connectivity index (χ0v) is 8.78. The van der Waals surface area contributed by atoms with Crippen LogP contribution < -0.4 is 9.47 Å². The van der Waals surface area contributed by atoms with Gasteiger partial charge in [-0.05, 0) is 0 Å². The van der Waals surface area contributed by atoms with Gasteiger partial charge in [-0.3, -0.25) is 4.98 Å². The van der Waals surface area contributed by atoms with E-state index in [4.69, 9.17) is 21.1 Å². The Kier molecular flexibility index (Phi) is 3.98. The summed E-state index contributed by atoms with van der Waals surface area (Å²) in [5, 5.41) is 9.63. The quantitative estimate of drug-likeness (QED) is 0.774. The fourth-order valence-electron chi connectivity index (χ4n) is 1.16. The third kappa shape index (κ3) is 2.08. The Morgan fingerprint density at radius 3 is 2.21 bits per heavy atom. The Morgan fingerprint density at radius 1 is 1.36 bits per heavy atom. The molecule has 0 aliphatic rings. The van der Waals surface area contributed by atoms with E-state index in [1.165, 1.54) is 26.6 Å². The molecule has 1 rings (SSSR count). The van der Waals surface area contributed by atoms with Crippen LogP contribution in [0.2, 0.25) is 0 Å². The van der Waals surface area contributed by atoms with Crippen LogP contribution in [0.5, 0.6) is 11.5 Å². The van der Waals surface area contributed by atoms with Crippen molar-refractivity contribution in [1.29, 1.82) is 0 Å². The minimum Gasteiger partial charge on any atom is -0.495 e. The number of methoxy groups -OCH3 is 2. The molecule has 14 heavy (non-hydrogen) atoms. The molecule has 1 aromatic heterocycles. The van der Waals surface area contributed by atoms with Gasteiger partial charge in [-0.25, -0.2) is 0 Å². The third-order valence-electron chi connectivity index (χ3n) is 1.83. The van der Waals surface area contributed by atoms with E-state index in [2.05, 4.69) is 4.98 Å². The van der Waals surface area contributed by atoms with Crippen LogP contribution in [-0.4, -0.2) is 30.2 Å². The van der Waals surface area contributed by atoms with Crippen molar-refractivity contribution < 1.29 is 14.6 Å². The summed E-state index contributed by atoms with van der Waals surface area (Å²) in [5.41, 5.74) is 0.528. The number of ether oxygens (including phenoxy) is 2. The molecule has 0 aliphatic carbocycles. The lowest BCUT2D eigenvalue weighted by Gasteiger charge is -2.15. The van der Waals surface area contributed by atoms with Gasteiger partial charge in [0.05, 0.1) is 44.2 Å². The minimum absolute atomic E-state index is 0.0801. The molecule has 0 saturated heterocycles. The molecule has 0 radical (unpaired) electrons. The van der Waals surface area contributed by atoms with Crippen LogP contribution in [0.3, 0.4) is 0 Å². The van der Waals surface area contributed by atoms with Crippen molar-refractivity contribution in [2.45, 2.75) is 6.10 Å². The van der Waals surface area contributed by atoms with E-state index >= 15 is 0 Å². The normalized spacial score (nSPS) is 12.3. The molecule has 0 amide bonds. The Morgan fingerprint density at radius 2 is 1.86 bits per heavy atom. The molecule has 1 atom stereocenters. The van der Waals surface area contributed by atoms with Gasteiger partial charge in [0.1, 0.15) is 11.5 Å². The van der Waals surface area contributed by atoms with Crippen LogP contribution in [0.4, 0.5) is 0 Å². The van der Waals surface area contributed by atoms with Gasteiger partial charge in [0.15, 0.2) is 0 Å². The molecule has 0 fully saturated rings. The number of pyridine rings is 1. The van der Waals surface area contributed by atoms with Gasteiger partial charge in [-0.15, -0.1) is 11.6 Å². The Labute approximate surface area is 87.4 Å². The number of aromatic nitrogens is 1. The van der Waals surface area contributed by atoms with E-state index in [0.29, 0.717) is 17.1 Å². The van der Waals surface area contributed by atoms with Crippen molar-refractivity contribution in [2.75, 3.05) is 20.1 Å². The van der Waals surface area contributed by atoms with E-state index in [9.17, 15) is 5.11 Å². The number of aliphatic hydroxyl groups excluding tert-OH is 1. The lowest BCUT2D eigenvalue weighted by Crippen LogP contribution is -2.05. The first-order valence-electron chi connectivity index (χ1n) is 4.04. The van der Waals surface area contributed by atoms with Crippen LogP contribution in [0.15, 0.2) is 12.4 Å². The fraction of sp³-hybridized carbons (Fsp3) is 0.444. The molecular formula is C9H12ClNO3. The van der Waals surface area contributed by atoms with E-state index in [0.717, 1.165) is 0 Å². The number of aliphatic hydroxyl groups is 1. The molecule has 0 bridgehead atoms. The molecule has 5 heteroatoms. The van der Waals surface area contributed by atoms with Crippen LogP contribution in [0.1, 0.15) is 11.7 Å². The van der Waals surface area contributed by atoms with Crippen molar-refractivity contribution in [1.82, 2.24) is 4.98 Å². The van der Waals surface area contributed by atoms with Gasteiger partial charge < -0.3 is 14.6 Å². The zero-order valence-electron chi connectivity index (χ0n) is 8.03. The zero-order chi connectivity index (χ0) is 10.6. The highest BCUT2D eigenvalue weighted by molar-refractivity contribution is 6.18. The fourth-order valence-corrected chi connectivity index (χ4v) is 1.32. The monoisotopic (exact) mass is 217 g/mol. The van der Waals surface area contributed by atoms with E-state index in [-0.39, 0.29) is 5.88 Å². The maximum atomic E-state index is 9.63. The van der Waals surface area contributed by atoms with Crippen LogP contribution >= 0.6 is 11.6 Å². The summed E-state index contributed by atoms with van der Waals surface area (Å²) in [5.74, 6) is 1.02. The maximum absolute atomic E-state index is 9.63. The Hall–Kier alpha value is -1.00. The summed E-state index contributed by atoms with van der Waals surface area (Å²) >= 11 is 5.56. The molecule has 1 aromatic rings. The highest BCUT2D eigenvalue weighted by Gasteiger charge is 2.18. The number of rotatable bonds is 4. The molecule has 0 aliphatic heterocycles. The van der Waals surface area contributed by atoms with Gasteiger partial charge in [-0.2, -0.15) is 0 Å². The van der Waals surface area contributed by atoms with E-state index < -0.39 is 6.10 Å². The number of halogens is 1. The molecule has 0 aromatic carbocycles.